The molecule has 20 heavy (non-hydrogen) atoms. The Bertz CT molecular complexity index is 556. The molecule has 1 rings (SSSR count). The van der Waals surface area contributed by atoms with Crippen LogP contribution >= 0.6 is 11.8 Å². The highest BCUT2D eigenvalue weighted by atomic mass is 32.2. The normalized spacial score (nSPS) is 11.9. The molecule has 106 valence electrons. The SMILES string of the molecule is C/C=C(\OC=C(C)CC)c1ccc(SC#N)cc1OC. The van der Waals surface area contributed by atoms with Crippen LogP contribution in [0.2, 0.25) is 0 Å². The van der Waals surface area contributed by atoms with Gasteiger partial charge in [0.1, 0.15) is 16.9 Å². The standard InChI is InChI=1S/C16H19NO2S/c1-5-12(3)10-19-15(6-2)14-8-7-13(20-11-17)9-16(14)18-4/h6-10H,5H2,1-4H3/b12-10?,15-6-. The Hall–Kier alpha value is -1.86. The van der Waals surface area contributed by atoms with E-state index in [0.717, 1.165) is 34.4 Å². The zero-order chi connectivity index (χ0) is 15.0. The summed E-state index contributed by atoms with van der Waals surface area (Å²) in [6.45, 7) is 6.03. The van der Waals surface area contributed by atoms with Crippen molar-refractivity contribution < 1.29 is 9.47 Å². The second-order valence-corrected chi connectivity index (χ2v) is 5.00. The van der Waals surface area contributed by atoms with Gasteiger partial charge in [-0.15, -0.1) is 0 Å². The maximum atomic E-state index is 8.71. The summed E-state index contributed by atoms with van der Waals surface area (Å²) in [6, 6.07) is 5.63. The average Bonchev–Trinajstić information content (AvgIpc) is 2.48. The Labute approximate surface area is 124 Å². The summed E-state index contributed by atoms with van der Waals surface area (Å²) in [6.07, 6.45) is 4.60. The first kappa shape index (κ1) is 16.2. The van der Waals surface area contributed by atoms with Crippen LogP contribution in [-0.2, 0) is 4.74 Å². The Morgan fingerprint density at radius 1 is 1.45 bits per heavy atom. The second-order valence-electron chi connectivity index (χ2n) is 4.14. The van der Waals surface area contributed by atoms with Crippen LogP contribution in [0, 0.1) is 10.7 Å². The minimum Gasteiger partial charge on any atom is -0.496 e. The fraction of sp³-hybridized carbons (Fsp3) is 0.312. The first-order chi connectivity index (χ1) is 9.65. The van der Waals surface area contributed by atoms with E-state index in [1.54, 1.807) is 13.4 Å². The summed E-state index contributed by atoms with van der Waals surface area (Å²) >= 11 is 1.11. The zero-order valence-electron chi connectivity index (χ0n) is 12.3. The van der Waals surface area contributed by atoms with Gasteiger partial charge in [0.05, 0.1) is 18.9 Å². The molecule has 0 N–H and O–H groups in total. The number of nitriles is 1. The van der Waals surface area contributed by atoms with Gasteiger partial charge in [0, 0.05) is 4.90 Å². The summed E-state index contributed by atoms with van der Waals surface area (Å²) in [7, 11) is 1.61. The Morgan fingerprint density at radius 2 is 2.20 bits per heavy atom. The van der Waals surface area contributed by atoms with E-state index in [9.17, 15) is 0 Å². The van der Waals surface area contributed by atoms with Crippen LogP contribution in [0.4, 0.5) is 0 Å². The van der Waals surface area contributed by atoms with E-state index < -0.39 is 0 Å². The molecule has 0 aliphatic heterocycles. The summed E-state index contributed by atoms with van der Waals surface area (Å²) < 4.78 is 11.1. The molecule has 0 saturated heterocycles. The highest BCUT2D eigenvalue weighted by Crippen LogP contribution is 2.31. The van der Waals surface area contributed by atoms with Crippen molar-refractivity contribution in [3.05, 3.63) is 41.7 Å². The van der Waals surface area contributed by atoms with Crippen molar-refractivity contribution >= 4 is 17.5 Å². The van der Waals surface area contributed by atoms with Crippen molar-refractivity contribution in [1.82, 2.24) is 0 Å². The van der Waals surface area contributed by atoms with E-state index in [2.05, 4.69) is 12.3 Å². The monoisotopic (exact) mass is 289 g/mol. The van der Waals surface area contributed by atoms with Crippen molar-refractivity contribution in [1.29, 1.82) is 5.26 Å². The quantitative estimate of drug-likeness (QED) is 0.422. The van der Waals surface area contributed by atoms with Gasteiger partial charge in [0.25, 0.3) is 0 Å². The lowest BCUT2D eigenvalue weighted by molar-refractivity contribution is 0.397. The van der Waals surface area contributed by atoms with Crippen LogP contribution < -0.4 is 4.74 Å². The molecule has 1 aromatic carbocycles. The topological polar surface area (TPSA) is 42.2 Å². The minimum absolute atomic E-state index is 0.695. The van der Waals surface area contributed by atoms with Crippen LogP contribution in [0.3, 0.4) is 0 Å². The maximum absolute atomic E-state index is 8.71. The van der Waals surface area contributed by atoms with E-state index in [0.29, 0.717) is 5.75 Å². The molecule has 0 atom stereocenters. The highest BCUT2D eigenvalue weighted by Gasteiger charge is 2.10. The number of methoxy groups -OCH3 is 1. The van der Waals surface area contributed by atoms with Gasteiger partial charge in [-0.1, -0.05) is 6.92 Å². The molecule has 3 nitrogen and oxygen atoms in total. The Morgan fingerprint density at radius 3 is 2.75 bits per heavy atom. The Kier molecular flexibility index (Phi) is 6.75. The van der Waals surface area contributed by atoms with E-state index in [1.807, 2.05) is 38.1 Å². The van der Waals surface area contributed by atoms with E-state index in [-0.39, 0.29) is 0 Å². The molecule has 0 heterocycles. The lowest BCUT2D eigenvalue weighted by Crippen LogP contribution is -1.94. The van der Waals surface area contributed by atoms with Crippen LogP contribution in [0.15, 0.2) is 41.0 Å². The summed E-state index contributed by atoms with van der Waals surface area (Å²) in [5.41, 5.74) is 2.04. The number of allylic oxidation sites excluding steroid dienone is 2. The first-order valence-corrected chi connectivity index (χ1v) is 7.20. The van der Waals surface area contributed by atoms with Gasteiger partial charge in [0.15, 0.2) is 0 Å². The third kappa shape index (κ3) is 4.36. The number of benzene rings is 1. The van der Waals surface area contributed by atoms with Gasteiger partial charge < -0.3 is 9.47 Å². The molecular weight excluding hydrogens is 270 g/mol. The summed E-state index contributed by atoms with van der Waals surface area (Å²) in [5, 5.41) is 10.8. The van der Waals surface area contributed by atoms with Crippen LogP contribution in [0.1, 0.15) is 32.8 Å². The molecule has 0 amide bonds. The molecule has 0 saturated carbocycles. The summed E-state index contributed by atoms with van der Waals surface area (Å²) in [4.78, 5) is 0.851. The predicted molar refractivity (Wildman–Crippen MR) is 83.2 cm³/mol. The molecule has 1 aromatic rings. The average molecular weight is 289 g/mol. The number of thioether (sulfide) groups is 1. The predicted octanol–water partition coefficient (Wildman–Crippen LogP) is 4.96. The largest absolute Gasteiger partial charge is 0.496 e. The van der Waals surface area contributed by atoms with Gasteiger partial charge in [-0.25, -0.2) is 0 Å². The van der Waals surface area contributed by atoms with Crippen molar-refractivity contribution in [2.75, 3.05) is 7.11 Å². The van der Waals surface area contributed by atoms with Crippen LogP contribution in [0.5, 0.6) is 5.75 Å². The number of hydrogen-bond donors (Lipinski definition) is 0. The van der Waals surface area contributed by atoms with Gasteiger partial charge in [-0.05, 0) is 61.9 Å². The molecule has 0 aliphatic rings. The third-order valence-corrected chi connectivity index (χ3v) is 3.39. The molecule has 0 aliphatic carbocycles. The number of rotatable bonds is 6. The van der Waals surface area contributed by atoms with Crippen molar-refractivity contribution in [3.63, 3.8) is 0 Å². The lowest BCUT2D eigenvalue weighted by Gasteiger charge is -2.12. The fourth-order valence-electron chi connectivity index (χ4n) is 1.53. The van der Waals surface area contributed by atoms with E-state index in [4.69, 9.17) is 14.7 Å². The fourth-order valence-corrected chi connectivity index (χ4v) is 1.93. The van der Waals surface area contributed by atoms with Gasteiger partial charge in [-0.2, -0.15) is 5.26 Å². The molecule has 0 fully saturated rings. The number of ether oxygens (including phenoxy) is 2. The number of hydrogen-bond acceptors (Lipinski definition) is 4. The molecular formula is C16H19NO2S. The third-order valence-electron chi connectivity index (χ3n) is 2.81. The van der Waals surface area contributed by atoms with E-state index >= 15 is 0 Å². The van der Waals surface area contributed by atoms with Gasteiger partial charge >= 0.3 is 0 Å². The molecule has 0 bridgehead atoms. The number of thiocyanates is 1. The van der Waals surface area contributed by atoms with E-state index in [1.165, 1.54) is 5.57 Å². The van der Waals surface area contributed by atoms with Crippen molar-refractivity contribution in [2.45, 2.75) is 32.1 Å². The molecule has 0 radical (unpaired) electrons. The molecule has 0 unspecified atom stereocenters. The van der Waals surface area contributed by atoms with Gasteiger partial charge in [-0.3, -0.25) is 0 Å². The van der Waals surface area contributed by atoms with Crippen LogP contribution in [0.25, 0.3) is 5.76 Å². The Balaban J connectivity index is 3.07. The molecule has 0 spiro atoms. The van der Waals surface area contributed by atoms with Crippen molar-refractivity contribution in [2.24, 2.45) is 0 Å². The van der Waals surface area contributed by atoms with Gasteiger partial charge in [0.2, 0.25) is 0 Å². The molecule has 0 aromatic heterocycles. The summed E-state index contributed by atoms with van der Waals surface area (Å²) in [5.74, 6) is 1.43. The maximum Gasteiger partial charge on any atom is 0.138 e. The van der Waals surface area contributed by atoms with Crippen LogP contribution in [-0.4, -0.2) is 7.11 Å². The number of nitrogens with zero attached hydrogens (tertiary/aromatic N) is 1. The minimum atomic E-state index is 0.695. The zero-order valence-corrected chi connectivity index (χ0v) is 13.1. The first-order valence-electron chi connectivity index (χ1n) is 6.39. The smallest absolute Gasteiger partial charge is 0.138 e. The highest BCUT2D eigenvalue weighted by molar-refractivity contribution is 8.03. The molecule has 4 heteroatoms. The second kappa shape index (κ2) is 8.34. The van der Waals surface area contributed by atoms with Crippen molar-refractivity contribution in [3.8, 4) is 11.2 Å². The lowest BCUT2D eigenvalue weighted by atomic mass is 10.1.